The standard InChI is InChI=1S/C28H35N5O2S/c1-3-21(22-11-13-24(14-12-22)32-15-7-8-16-32)17-26-27(23-18-30-31(2)19-23)20-33(28(26)29)36(34,35)25-9-5-4-6-10-25/h3-6,9-10,17-20,22,24H,1,7-8,11-16,29H2,2H3/b21-17+/t22-,24+. The van der Waals surface area contributed by atoms with Gasteiger partial charge in [-0.15, -0.1) is 0 Å². The molecular formula is C28H35N5O2S. The van der Waals surface area contributed by atoms with Crippen LogP contribution in [0.4, 0.5) is 5.82 Å². The van der Waals surface area contributed by atoms with E-state index in [1.807, 2.05) is 25.4 Å². The Morgan fingerprint density at radius 2 is 1.78 bits per heavy atom. The summed E-state index contributed by atoms with van der Waals surface area (Å²) in [5, 5.41) is 4.30. The molecule has 1 aromatic carbocycles. The summed E-state index contributed by atoms with van der Waals surface area (Å²) in [6.45, 7) is 6.57. The smallest absolute Gasteiger partial charge is 0.269 e. The molecule has 0 atom stereocenters. The molecule has 36 heavy (non-hydrogen) atoms. The highest BCUT2D eigenvalue weighted by Crippen LogP contribution is 2.38. The Hall–Kier alpha value is -3.10. The van der Waals surface area contributed by atoms with E-state index in [-0.39, 0.29) is 10.7 Å². The monoisotopic (exact) mass is 505 g/mol. The summed E-state index contributed by atoms with van der Waals surface area (Å²) in [7, 11) is -2.01. The minimum Gasteiger partial charge on any atom is -0.384 e. The van der Waals surface area contributed by atoms with Crippen LogP contribution in [0, 0.1) is 5.92 Å². The van der Waals surface area contributed by atoms with Gasteiger partial charge in [-0.2, -0.15) is 5.10 Å². The van der Waals surface area contributed by atoms with E-state index >= 15 is 0 Å². The van der Waals surface area contributed by atoms with Gasteiger partial charge in [0.2, 0.25) is 0 Å². The second-order valence-corrected chi connectivity index (χ2v) is 11.8. The molecule has 1 aliphatic carbocycles. The van der Waals surface area contributed by atoms with Crippen molar-refractivity contribution in [2.75, 3.05) is 18.8 Å². The number of nitrogens with two attached hydrogens (primary N) is 1. The molecular weight excluding hydrogens is 470 g/mol. The predicted octanol–water partition coefficient (Wildman–Crippen LogP) is 4.93. The summed E-state index contributed by atoms with van der Waals surface area (Å²) in [6, 6.07) is 9.07. The molecule has 0 spiro atoms. The largest absolute Gasteiger partial charge is 0.384 e. The van der Waals surface area contributed by atoms with Crippen molar-refractivity contribution in [1.82, 2.24) is 18.7 Å². The van der Waals surface area contributed by atoms with Gasteiger partial charge in [0.25, 0.3) is 10.0 Å². The lowest BCUT2D eigenvalue weighted by molar-refractivity contribution is 0.174. The first kappa shape index (κ1) is 24.6. The Labute approximate surface area is 214 Å². The molecule has 5 rings (SSSR count). The van der Waals surface area contributed by atoms with Crippen molar-refractivity contribution < 1.29 is 8.42 Å². The SMILES string of the molecule is C=C/C(=C\c1c(-c2cnn(C)c2)cn(S(=O)(=O)c2ccccc2)c1N)[C@H]1CC[C@@H](N2CCCC2)CC1. The zero-order chi connectivity index (χ0) is 25.3. The molecule has 1 aliphatic heterocycles. The number of hydrogen-bond donors (Lipinski definition) is 1. The molecule has 3 aromatic rings. The molecule has 3 heterocycles. The van der Waals surface area contributed by atoms with Crippen LogP contribution >= 0.6 is 0 Å². The molecule has 1 saturated carbocycles. The summed E-state index contributed by atoms with van der Waals surface area (Å²) >= 11 is 0. The van der Waals surface area contributed by atoms with Crippen molar-refractivity contribution in [1.29, 1.82) is 0 Å². The van der Waals surface area contributed by atoms with Crippen LogP contribution in [0.15, 0.2) is 72.0 Å². The van der Waals surface area contributed by atoms with Crippen LogP contribution in [0.2, 0.25) is 0 Å². The maximum atomic E-state index is 13.5. The lowest BCUT2D eigenvalue weighted by atomic mass is 9.80. The summed E-state index contributed by atoms with van der Waals surface area (Å²) in [5.41, 5.74) is 9.95. The third-order valence-corrected chi connectivity index (χ3v) is 9.43. The van der Waals surface area contributed by atoms with Gasteiger partial charge in [0.1, 0.15) is 5.82 Å². The van der Waals surface area contributed by atoms with Gasteiger partial charge in [0.15, 0.2) is 0 Å². The molecule has 190 valence electrons. The van der Waals surface area contributed by atoms with Crippen LogP contribution in [-0.4, -0.2) is 46.2 Å². The first-order valence-electron chi connectivity index (χ1n) is 12.8. The number of anilines is 1. The lowest BCUT2D eigenvalue weighted by Gasteiger charge is -2.35. The average Bonchev–Trinajstić information content (AvgIpc) is 3.64. The quantitative estimate of drug-likeness (QED) is 0.460. The van der Waals surface area contributed by atoms with Gasteiger partial charge in [0, 0.05) is 42.2 Å². The van der Waals surface area contributed by atoms with Gasteiger partial charge in [-0.3, -0.25) is 4.68 Å². The van der Waals surface area contributed by atoms with Gasteiger partial charge in [-0.05, 0) is 81.3 Å². The fourth-order valence-corrected chi connectivity index (χ4v) is 7.08. The number of benzene rings is 1. The van der Waals surface area contributed by atoms with Gasteiger partial charge >= 0.3 is 0 Å². The molecule has 2 N–H and O–H groups in total. The third kappa shape index (κ3) is 4.67. The number of likely N-dealkylation sites (tertiary alicyclic amines) is 1. The van der Waals surface area contributed by atoms with E-state index in [2.05, 4.69) is 16.6 Å². The molecule has 2 aromatic heterocycles. The zero-order valence-corrected chi connectivity index (χ0v) is 21.7. The van der Waals surface area contributed by atoms with Crippen LogP contribution in [0.3, 0.4) is 0 Å². The maximum Gasteiger partial charge on any atom is 0.269 e. The molecule has 0 unspecified atom stereocenters. The van der Waals surface area contributed by atoms with E-state index in [0.29, 0.717) is 17.5 Å². The average molecular weight is 506 g/mol. The van der Waals surface area contributed by atoms with Gasteiger partial charge in [-0.1, -0.05) is 30.9 Å². The maximum absolute atomic E-state index is 13.5. The Bertz CT molecular complexity index is 1360. The topological polar surface area (TPSA) is 86.1 Å². The fraction of sp³-hybridized carbons (Fsp3) is 0.393. The highest BCUT2D eigenvalue weighted by atomic mass is 32.2. The number of rotatable bonds is 7. The molecule has 7 nitrogen and oxygen atoms in total. The van der Waals surface area contributed by atoms with Crippen molar-refractivity contribution in [3.8, 4) is 11.1 Å². The van der Waals surface area contributed by atoms with Gasteiger partial charge in [-0.25, -0.2) is 12.4 Å². The normalized spacial score (nSPS) is 21.6. The van der Waals surface area contributed by atoms with Crippen LogP contribution in [0.5, 0.6) is 0 Å². The number of nitrogens with zero attached hydrogens (tertiary/aromatic N) is 4. The van der Waals surface area contributed by atoms with Crippen LogP contribution in [0.25, 0.3) is 17.2 Å². The number of aromatic nitrogens is 3. The molecule has 2 fully saturated rings. The lowest BCUT2D eigenvalue weighted by Crippen LogP contribution is -2.36. The number of allylic oxidation sites excluding steroid dienone is 2. The van der Waals surface area contributed by atoms with E-state index in [0.717, 1.165) is 29.5 Å². The Morgan fingerprint density at radius 3 is 2.39 bits per heavy atom. The first-order chi connectivity index (χ1) is 17.4. The number of nitrogen functional groups attached to an aromatic ring is 1. The van der Waals surface area contributed by atoms with Crippen LogP contribution in [-0.2, 0) is 17.1 Å². The minimum atomic E-state index is -3.85. The second kappa shape index (κ2) is 10.1. The number of aryl methyl sites for hydroxylation is 1. The van der Waals surface area contributed by atoms with E-state index < -0.39 is 10.0 Å². The summed E-state index contributed by atoms with van der Waals surface area (Å²) in [5.74, 6) is 0.583. The highest BCUT2D eigenvalue weighted by molar-refractivity contribution is 7.90. The van der Waals surface area contributed by atoms with Crippen LogP contribution < -0.4 is 5.73 Å². The minimum absolute atomic E-state index is 0.197. The Morgan fingerprint density at radius 1 is 1.08 bits per heavy atom. The van der Waals surface area contributed by atoms with Crippen molar-refractivity contribution in [3.05, 3.63) is 72.7 Å². The first-order valence-corrected chi connectivity index (χ1v) is 14.2. The molecule has 0 amide bonds. The van der Waals surface area contributed by atoms with Crippen molar-refractivity contribution in [2.24, 2.45) is 13.0 Å². The molecule has 1 saturated heterocycles. The van der Waals surface area contributed by atoms with E-state index in [9.17, 15) is 8.42 Å². The highest BCUT2D eigenvalue weighted by Gasteiger charge is 2.29. The van der Waals surface area contributed by atoms with E-state index in [1.54, 1.807) is 47.4 Å². The summed E-state index contributed by atoms with van der Waals surface area (Å²) in [4.78, 5) is 2.85. The molecule has 0 bridgehead atoms. The third-order valence-electron chi connectivity index (χ3n) is 7.74. The Kier molecular flexibility index (Phi) is 6.90. The van der Waals surface area contributed by atoms with Crippen LogP contribution in [0.1, 0.15) is 44.1 Å². The zero-order valence-electron chi connectivity index (χ0n) is 20.9. The van der Waals surface area contributed by atoms with Crippen molar-refractivity contribution >= 4 is 21.9 Å². The van der Waals surface area contributed by atoms with Crippen molar-refractivity contribution in [2.45, 2.75) is 49.5 Å². The van der Waals surface area contributed by atoms with E-state index in [1.165, 1.54) is 42.7 Å². The van der Waals surface area contributed by atoms with Gasteiger partial charge < -0.3 is 10.6 Å². The molecule has 0 radical (unpaired) electrons. The van der Waals surface area contributed by atoms with Gasteiger partial charge in [0.05, 0.1) is 11.1 Å². The summed E-state index contributed by atoms with van der Waals surface area (Å²) < 4.78 is 29.9. The summed E-state index contributed by atoms with van der Waals surface area (Å²) in [6.07, 6.45) is 16.4. The van der Waals surface area contributed by atoms with E-state index in [4.69, 9.17) is 5.73 Å². The fourth-order valence-electron chi connectivity index (χ4n) is 5.75. The molecule has 8 heteroatoms. The predicted molar refractivity (Wildman–Crippen MR) is 145 cm³/mol. The molecule has 2 aliphatic rings. The number of hydrogen-bond acceptors (Lipinski definition) is 5. The van der Waals surface area contributed by atoms with Crippen molar-refractivity contribution in [3.63, 3.8) is 0 Å². The second-order valence-electron chi connectivity index (χ2n) is 9.96. The Balaban J connectivity index is 1.52.